The number of carboxylic acids is 1. The Labute approximate surface area is 100 Å². The highest BCUT2D eigenvalue weighted by atomic mass is 32.2. The molecule has 2 atom stereocenters. The van der Waals surface area contributed by atoms with Crippen molar-refractivity contribution in [1.29, 1.82) is 0 Å². The molecule has 1 saturated heterocycles. The Balaban J connectivity index is 2.43. The standard InChI is InChI=1S/C11H19NO3S/c1-8(11(14)15)6-12(2)10(13)9-4-3-5-16-7-9/h8-9H,3-7H2,1-2H3,(H,14,15). The summed E-state index contributed by atoms with van der Waals surface area (Å²) in [5.41, 5.74) is 0. The van der Waals surface area contributed by atoms with Crippen LogP contribution in [0, 0.1) is 11.8 Å². The molecule has 1 N–H and O–H groups in total. The normalized spacial score (nSPS) is 22.5. The maximum absolute atomic E-state index is 12.0. The van der Waals surface area contributed by atoms with Crippen molar-refractivity contribution in [3.8, 4) is 0 Å². The van der Waals surface area contributed by atoms with E-state index < -0.39 is 11.9 Å². The van der Waals surface area contributed by atoms with E-state index in [1.54, 1.807) is 18.9 Å². The van der Waals surface area contributed by atoms with Crippen molar-refractivity contribution >= 4 is 23.6 Å². The predicted octanol–water partition coefficient (Wildman–Crippen LogP) is 1.31. The summed E-state index contributed by atoms with van der Waals surface area (Å²) in [4.78, 5) is 24.2. The Bertz CT molecular complexity index is 264. The summed E-state index contributed by atoms with van der Waals surface area (Å²) in [7, 11) is 1.70. The molecule has 0 bridgehead atoms. The molecule has 0 aromatic heterocycles. The largest absolute Gasteiger partial charge is 0.481 e. The first-order valence-electron chi connectivity index (χ1n) is 5.58. The number of carboxylic acid groups (broad SMARTS) is 1. The lowest BCUT2D eigenvalue weighted by Crippen LogP contribution is -2.39. The quantitative estimate of drug-likeness (QED) is 0.811. The fraction of sp³-hybridized carbons (Fsp3) is 0.818. The number of carbonyl (C=O) groups excluding carboxylic acids is 1. The van der Waals surface area contributed by atoms with Crippen LogP contribution < -0.4 is 0 Å². The smallest absolute Gasteiger partial charge is 0.308 e. The van der Waals surface area contributed by atoms with E-state index in [2.05, 4.69) is 0 Å². The summed E-state index contributed by atoms with van der Waals surface area (Å²) >= 11 is 1.81. The summed E-state index contributed by atoms with van der Waals surface area (Å²) in [5.74, 6) is 0.858. The molecular formula is C11H19NO3S. The van der Waals surface area contributed by atoms with Crippen LogP contribution in [0.25, 0.3) is 0 Å². The van der Waals surface area contributed by atoms with Gasteiger partial charge < -0.3 is 10.0 Å². The summed E-state index contributed by atoms with van der Waals surface area (Å²) in [6, 6.07) is 0. The zero-order valence-corrected chi connectivity index (χ0v) is 10.6. The highest BCUT2D eigenvalue weighted by molar-refractivity contribution is 7.99. The molecule has 0 spiro atoms. The minimum absolute atomic E-state index is 0.0877. The number of carbonyl (C=O) groups is 2. The average molecular weight is 245 g/mol. The SMILES string of the molecule is CC(CN(C)C(=O)C1CCCSC1)C(=O)O. The zero-order chi connectivity index (χ0) is 12.1. The maximum Gasteiger partial charge on any atom is 0.308 e. The van der Waals surface area contributed by atoms with Gasteiger partial charge in [0.05, 0.1) is 5.92 Å². The van der Waals surface area contributed by atoms with Crippen LogP contribution >= 0.6 is 11.8 Å². The van der Waals surface area contributed by atoms with Crippen molar-refractivity contribution in [2.45, 2.75) is 19.8 Å². The summed E-state index contributed by atoms with van der Waals surface area (Å²) in [6.45, 7) is 1.93. The number of aliphatic carboxylic acids is 1. The van der Waals surface area contributed by atoms with Crippen LogP contribution in [0.5, 0.6) is 0 Å². The van der Waals surface area contributed by atoms with Crippen molar-refractivity contribution in [2.24, 2.45) is 11.8 Å². The lowest BCUT2D eigenvalue weighted by molar-refractivity contribution is -0.143. The molecule has 1 rings (SSSR count). The molecule has 1 amide bonds. The fourth-order valence-electron chi connectivity index (χ4n) is 1.83. The van der Waals surface area contributed by atoms with Gasteiger partial charge in [0.25, 0.3) is 0 Å². The van der Waals surface area contributed by atoms with Crippen LogP contribution in [0.4, 0.5) is 0 Å². The van der Waals surface area contributed by atoms with E-state index in [9.17, 15) is 9.59 Å². The van der Waals surface area contributed by atoms with Gasteiger partial charge in [-0.05, 0) is 18.6 Å². The number of rotatable bonds is 4. The minimum Gasteiger partial charge on any atom is -0.481 e. The van der Waals surface area contributed by atoms with Gasteiger partial charge in [0.1, 0.15) is 0 Å². The van der Waals surface area contributed by atoms with Crippen LogP contribution in [-0.2, 0) is 9.59 Å². The van der Waals surface area contributed by atoms with Gasteiger partial charge in [-0.2, -0.15) is 11.8 Å². The van der Waals surface area contributed by atoms with Crippen LogP contribution in [-0.4, -0.2) is 47.0 Å². The van der Waals surface area contributed by atoms with Crippen molar-refractivity contribution in [3.05, 3.63) is 0 Å². The molecule has 2 unspecified atom stereocenters. The Hall–Kier alpha value is -0.710. The van der Waals surface area contributed by atoms with Gasteiger partial charge in [0.2, 0.25) is 5.91 Å². The Morgan fingerprint density at radius 2 is 2.25 bits per heavy atom. The van der Waals surface area contributed by atoms with E-state index in [4.69, 9.17) is 5.11 Å². The molecule has 1 aliphatic heterocycles. The number of hydrogen-bond acceptors (Lipinski definition) is 3. The average Bonchev–Trinajstić information content (AvgIpc) is 2.28. The van der Waals surface area contributed by atoms with E-state index in [0.29, 0.717) is 6.54 Å². The first-order chi connectivity index (χ1) is 7.52. The second-order valence-electron chi connectivity index (χ2n) is 4.37. The van der Waals surface area contributed by atoms with Gasteiger partial charge >= 0.3 is 5.97 Å². The van der Waals surface area contributed by atoms with E-state index in [1.165, 1.54) is 0 Å². The van der Waals surface area contributed by atoms with E-state index in [-0.39, 0.29) is 11.8 Å². The van der Waals surface area contributed by atoms with Gasteiger partial charge in [-0.25, -0.2) is 0 Å². The second kappa shape index (κ2) is 6.13. The topological polar surface area (TPSA) is 57.6 Å². The third-order valence-electron chi connectivity index (χ3n) is 2.86. The van der Waals surface area contributed by atoms with E-state index >= 15 is 0 Å². The maximum atomic E-state index is 12.0. The van der Waals surface area contributed by atoms with Gasteiger partial charge in [-0.15, -0.1) is 0 Å². The highest BCUT2D eigenvalue weighted by Crippen LogP contribution is 2.24. The third kappa shape index (κ3) is 3.70. The summed E-state index contributed by atoms with van der Waals surface area (Å²) in [6.07, 6.45) is 2.03. The van der Waals surface area contributed by atoms with Gasteiger partial charge in [0, 0.05) is 25.3 Å². The molecule has 1 aliphatic rings. The predicted molar refractivity (Wildman–Crippen MR) is 64.5 cm³/mol. The van der Waals surface area contributed by atoms with Gasteiger partial charge in [-0.1, -0.05) is 6.92 Å². The molecule has 0 aromatic carbocycles. The van der Waals surface area contributed by atoms with Crippen molar-refractivity contribution in [3.63, 3.8) is 0 Å². The lowest BCUT2D eigenvalue weighted by atomic mass is 10.0. The van der Waals surface area contributed by atoms with Gasteiger partial charge in [0.15, 0.2) is 0 Å². The third-order valence-corrected chi connectivity index (χ3v) is 4.07. The molecule has 0 aliphatic carbocycles. The fourth-order valence-corrected chi connectivity index (χ4v) is 2.96. The van der Waals surface area contributed by atoms with Crippen molar-refractivity contribution < 1.29 is 14.7 Å². The molecule has 0 aromatic rings. The molecule has 92 valence electrons. The van der Waals surface area contributed by atoms with E-state index in [1.807, 2.05) is 11.8 Å². The molecule has 16 heavy (non-hydrogen) atoms. The van der Waals surface area contributed by atoms with Crippen LogP contribution in [0.3, 0.4) is 0 Å². The Morgan fingerprint density at radius 3 is 2.75 bits per heavy atom. The molecule has 5 heteroatoms. The summed E-state index contributed by atoms with van der Waals surface area (Å²) < 4.78 is 0. The molecule has 1 heterocycles. The van der Waals surface area contributed by atoms with Gasteiger partial charge in [-0.3, -0.25) is 9.59 Å². The minimum atomic E-state index is -0.849. The second-order valence-corrected chi connectivity index (χ2v) is 5.52. The summed E-state index contributed by atoms with van der Waals surface area (Å²) in [5, 5.41) is 8.78. The highest BCUT2D eigenvalue weighted by Gasteiger charge is 2.26. The number of hydrogen-bond donors (Lipinski definition) is 1. The van der Waals surface area contributed by atoms with Crippen molar-refractivity contribution in [2.75, 3.05) is 25.1 Å². The lowest BCUT2D eigenvalue weighted by Gasteiger charge is -2.27. The Kier molecular flexibility index (Phi) is 5.12. The molecule has 0 radical (unpaired) electrons. The van der Waals surface area contributed by atoms with Crippen molar-refractivity contribution in [1.82, 2.24) is 4.90 Å². The first-order valence-corrected chi connectivity index (χ1v) is 6.73. The molecular weight excluding hydrogens is 226 g/mol. The van der Waals surface area contributed by atoms with Crippen LogP contribution in [0.2, 0.25) is 0 Å². The monoisotopic (exact) mass is 245 g/mol. The van der Waals surface area contributed by atoms with E-state index in [0.717, 1.165) is 24.3 Å². The molecule has 0 saturated carbocycles. The number of amides is 1. The zero-order valence-electron chi connectivity index (χ0n) is 9.81. The van der Waals surface area contributed by atoms with Crippen LogP contribution in [0.1, 0.15) is 19.8 Å². The number of thioether (sulfide) groups is 1. The number of nitrogens with zero attached hydrogens (tertiary/aromatic N) is 1. The molecule has 1 fully saturated rings. The Morgan fingerprint density at radius 1 is 1.56 bits per heavy atom. The first kappa shape index (κ1) is 13.4. The van der Waals surface area contributed by atoms with Crippen LogP contribution in [0.15, 0.2) is 0 Å². The molecule has 4 nitrogen and oxygen atoms in total.